The second-order valence-corrected chi connectivity index (χ2v) is 2.37. The Labute approximate surface area is 76.3 Å². The van der Waals surface area contributed by atoms with Crippen LogP contribution in [0.25, 0.3) is 10.8 Å². The Morgan fingerprint density at radius 1 is 1.17 bits per heavy atom. The number of pyridine rings is 1. The highest BCUT2D eigenvalue weighted by Gasteiger charge is 1.95. The standard InChI is InChI=1S/C9H7NO.ClH/c11-9-3-1-2-7-6-10-5-4-8(7)9;/h1-6,11H;1H. The Kier molecular flexibility index (Phi) is 2.51. The number of nitrogens with zero attached hydrogens (tertiary/aromatic N) is 1. The molecular weight excluding hydrogens is 174 g/mol. The highest BCUT2D eigenvalue weighted by Crippen LogP contribution is 2.22. The summed E-state index contributed by atoms with van der Waals surface area (Å²) < 4.78 is 0. The first-order valence-corrected chi connectivity index (χ1v) is 3.39. The summed E-state index contributed by atoms with van der Waals surface area (Å²) in [6.45, 7) is 0. The molecule has 0 radical (unpaired) electrons. The number of phenolic OH excluding ortho intramolecular Hbond substituents is 1. The lowest BCUT2D eigenvalue weighted by Crippen LogP contribution is -1.74. The molecule has 3 heteroatoms. The molecule has 0 saturated heterocycles. The minimum atomic E-state index is 0. The number of rotatable bonds is 0. The second-order valence-electron chi connectivity index (χ2n) is 2.37. The molecule has 12 heavy (non-hydrogen) atoms. The van der Waals surface area contributed by atoms with Gasteiger partial charge in [-0.1, -0.05) is 12.1 Å². The van der Waals surface area contributed by atoms with Crippen molar-refractivity contribution >= 4 is 23.2 Å². The van der Waals surface area contributed by atoms with Gasteiger partial charge in [0.1, 0.15) is 5.75 Å². The predicted octanol–water partition coefficient (Wildman–Crippen LogP) is 2.36. The van der Waals surface area contributed by atoms with E-state index in [1.807, 2.05) is 6.07 Å². The van der Waals surface area contributed by atoms with Gasteiger partial charge >= 0.3 is 0 Å². The van der Waals surface area contributed by atoms with Crippen molar-refractivity contribution < 1.29 is 5.11 Å². The summed E-state index contributed by atoms with van der Waals surface area (Å²) in [6, 6.07) is 7.19. The molecule has 2 rings (SSSR count). The molecule has 0 aliphatic carbocycles. The molecular formula is C9H8ClNO. The average Bonchev–Trinajstić information content (AvgIpc) is 2.06. The highest BCUT2D eigenvalue weighted by molar-refractivity contribution is 5.86. The quantitative estimate of drug-likeness (QED) is 0.677. The Morgan fingerprint density at radius 3 is 2.75 bits per heavy atom. The molecule has 1 aromatic heterocycles. The highest BCUT2D eigenvalue weighted by atomic mass is 35.5. The van der Waals surface area contributed by atoms with Gasteiger partial charge < -0.3 is 5.11 Å². The fourth-order valence-corrected chi connectivity index (χ4v) is 1.11. The second kappa shape index (κ2) is 3.41. The van der Waals surface area contributed by atoms with Crippen molar-refractivity contribution in [1.82, 2.24) is 4.98 Å². The zero-order valence-electron chi connectivity index (χ0n) is 6.27. The van der Waals surface area contributed by atoms with Gasteiger partial charge in [0.15, 0.2) is 0 Å². The first-order chi connectivity index (χ1) is 5.38. The molecule has 0 atom stereocenters. The van der Waals surface area contributed by atoms with E-state index in [1.165, 1.54) is 0 Å². The maximum Gasteiger partial charge on any atom is 0.123 e. The molecule has 0 amide bonds. The number of aromatic hydroxyl groups is 1. The smallest absolute Gasteiger partial charge is 0.123 e. The molecule has 0 aliphatic heterocycles. The lowest BCUT2D eigenvalue weighted by Gasteiger charge is -1.97. The van der Waals surface area contributed by atoms with E-state index in [-0.39, 0.29) is 12.4 Å². The van der Waals surface area contributed by atoms with Gasteiger partial charge in [-0.3, -0.25) is 4.98 Å². The number of aromatic nitrogens is 1. The van der Waals surface area contributed by atoms with Gasteiger partial charge in [0, 0.05) is 23.2 Å². The van der Waals surface area contributed by atoms with Crippen molar-refractivity contribution in [1.29, 1.82) is 0 Å². The van der Waals surface area contributed by atoms with Gasteiger partial charge in [0.05, 0.1) is 0 Å². The molecule has 0 aliphatic rings. The fraction of sp³-hybridized carbons (Fsp3) is 0. The van der Waals surface area contributed by atoms with E-state index >= 15 is 0 Å². The van der Waals surface area contributed by atoms with E-state index < -0.39 is 0 Å². The van der Waals surface area contributed by atoms with Crippen molar-refractivity contribution in [2.45, 2.75) is 0 Å². The summed E-state index contributed by atoms with van der Waals surface area (Å²) in [6.07, 6.45) is 3.40. The van der Waals surface area contributed by atoms with Crippen LogP contribution in [-0.4, -0.2) is 10.1 Å². The van der Waals surface area contributed by atoms with Gasteiger partial charge in [0.25, 0.3) is 0 Å². The molecule has 0 saturated carbocycles. The van der Waals surface area contributed by atoms with Crippen LogP contribution in [0.2, 0.25) is 0 Å². The molecule has 2 aromatic rings. The first-order valence-electron chi connectivity index (χ1n) is 3.39. The first kappa shape index (κ1) is 8.81. The van der Waals surface area contributed by atoms with E-state index in [1.54, 1.807) is 30.6 Å². The van der Waals surface area contributed by atoms with Crippen LogP contribution >= 0.6 is 12.4 Å². The van der Waals surface area contributed by atoms with Crippen molar-refractivity contribution in [2.75, 3.05) is 0 Å². The van der Waals surface area contributed by atoms with Crippen molar-refractivity contribution in [3.05, 3.63) is 36.7 Å². The molecule has 2 nitrogen and oxygen atoms in total. The number of phenols is 1. The summed E-state index contributed by atoms with van der Waals surface area (Å²) in [5, 5.41) is 11.2. The maximum atomic E-state index is 9.34. The third-order valence-electron chi connectivity index (χ3n) is 1.66. The van der Waals surface area contributed by atoms with Gasteiger partial charge in [-0.25, -0.2) is 0 Å². The Bertz CT molecular complexity index is 384. The van der Waals surface area contributed by atoms with Crippen LogP contribution < -0.4 is 0 Å². The Morgan fingerprint density at radius 2 is 2.00 bits per heavy atom. The molecule has 0 fully saturated rings. The van der Waals surface area contributed by atoms with Crippen LogP contribution in [0.3, 0.4) is 0 Å². The number of benzene rings is 1. The summed E-state index contributed by atoms with van der Waals surface area (Å²) in [5.74, 6) is 0.310. The van der Waals surface area contributed by atoms with Crippen LogP contribution in [0.4, 0.5) is 0 Å². The van der Waals surface area contributed by atoms with E-state index in [2.05, 4.69) is 4.98 Å². The normalized spacial score (nSPS) is 9.33. The zero-order chi connectivity index (χ0) is 7.68. The van der Waals surface area contributed by atoms with Crippen molar-refractivity contribution in [3.8, 4) is 5.75 Å². The summed E-state index contributed by atoms with van der Waals surface area (Å²) in [5.41, 5.74) is 0. The Hall–Kier alpha value is -1.28. The van der Waals surface area contributed by atoms with Crippen LogP contribution in [0.15, 0.2) is 36.7 Å². The molecule has 0 spiro atoms. The number of hydrogen-bond donors (Lipinski definition) is 1. The topological polar surface area (TPSA) is 33.1 Å². The van der Waals surface area contributed by atoms with Gasteiger partial charge in [0.2, 0.25) is 0 Å². The monoisotopic (exact) mass is 181 g/mol. The third-order valence-corrected chi connectivity index (χ3v) is 1.66. The SMILES string of the molecule is Cl.Oc1cccc2cnccc12. The summed E-state index contributed by atoms with van der Waals surface area (Å²) >= 11 is 0. The van der Waals surface area contributed by atoms with Crippen LogP contribution in [0.5, 0.6) is 5.75 Å². The largest absolute Gasteiger partial charge is 0.507 e. The molecule has 1 heterocycles. The lowest BCUT2D eigenvalue weighted by molar-refractivity contribution is 0.481. The number of hydrogen-bond acceptors (Lipinski definition) is 2. The van der Waals surface area contributed by atoms with E-state index in [0.717, 1.165) is 10.8 Å². The van der Waals surface area contributed by atoms with Gasteiger partial charge in [-0.2, -0.15) is 0 Å². The summed E-state index contributed by atoms with van der Waals surface area (Å²) in [4.78, 5) is 3.94. The van der Waals surface area contributed by atoms with E-state index in [9.17, 15) is 5.11 Å². The fourth-order valence-electron chi connectivity index (χ4n) is 1.11. The average molecular weight is 182 g/mol. The predicted molar refractivity (Wildman–Crippen MR) is 50.7 cm³/mol. The molecule has 0 unspecified atom stereocenters. The number of fused-ring (bicyclic) bond motifs is 1. The van der Waals surface area contributed by atoms with Crippen LogP contribution in [0, 0.1) is 0 Å². The maximum absolute atomic E-state index is 9.34. The Balaban J connectivity index is 0.000000720. The summed E-state index contributed by atoms with van der Waals surface area (Å²) in [7, 11) is 0. The molecule has 1 aromatic carbocycles. The van der Waals surface area contributed by atoms with Crippen LogP contribution in [0.1, 0.15) is 0 Å². The van der Waals surface area contributed by atoms with Crippen LogP contribution in [-0.2, 0) is 0 Å². The molecule has 1 N–H and O–H groups in total. The van der Waals surface area contributed by atoms with Gasteiger partial charge in [-0.15, -0.1) is 12.4 Å². The lowest BCUT2D eigenvalue weighted by atomic mass is 10.2. The van der Waals surface area contributed by atoms with Crippen molar-refractivity contribution in [2.24, 2.45) is 0 Å². The third kappa shape index (κ3) is 1.34. The molecule has 62 valence electrons. The van der Waals surface area contributed by atoms with Gasteiger partial charge in [-0.05, 0) is 12.1 Å². The minimum Gasteiger partial charge on any atom is -0.507 e. The zero-order valence-corrected chi connectivity index (χ0v) is 7.08. The van der Waals surface area contributed by atoms with E-state index in [4.69, 9.17) is 0 Å². The van der Waals surface area contributed by atoms with Crippen molar-refractivity contribution in [3.63, 3.8) is 0 Å². The number of halogens is 1. The molecule has 0 bridgehead atoms. The minimum absolute atomic E-state index is 0. The van der Waals surface area contributed by atoms with E-state index in [0.29, 0.717) is 5.75 Å².